The average Bonchev–Trinajstić information content (AvgIpc) is 3.05. The fourth-order valence-electron chi connectivity index (χ4n) is 3.76. The Bertz CT molecular complexity index is 844. The summed E-state index contributed by atoms with van der Waals surface area (Å²) in [5, 5.41) is 1.86. The highest BCUT2D eigenvalue weighted by Gasteiger charge is 2.31. The minimum atomic E-state index is -0.400. The van der Waals surface area contributed by atoms with E-state index < -0.39 is 5.91 Å². The van der Waals surface area contributed by atoms with Crippen molar-refractivity contribution < 1.29 is 14.4 Å². The number of thioether (sulfide) groups is 1. The number of anilines is 1. The number of amides is 3. The van der Waals surface area contributed by atoms with Crippen molar-refractivity contribution in [1.82, 2.24) is 25.1 Å². The van der Waals surface area contributed by atoms with Crippen molar-refractivity contribution in [1.29, 1.82) is 0 Å². The maximum Gasteiger partial charge on any atom is 0.290 e. The van der Waals surface area contributed by atoms with Crippen LogP contribution in [0.3, 0.4) is 0 Å². The van der Waals surface area contributed by atoms with Crippen molar-refractivity contribution in [2.75, 3.05) is 51.2 Å². The highest BCUT2D eigenvalue weighted by molar-refractivity contribution is 8.18. The number of hydrogen-bond acceptors (Lipinski definition) is 8. The molecule has 3 aliphatic rings. The van der Waals surface area contributed by atoms with Gasteiger partial charge in [0.15, 0.2) is 0 Å². The molecule has 0 saturated carbocycles. The first-order chi connectivity index (χ1) is 14.0. The molecule has 3 amide bonds. The highest BCUT2D eigenvalue weighted by Crippen LogP contribution is 2.26. The van der Waals surface area contributed by atoms with Gasteiger partial charge in [-0.25, -0.2) is 9.97 Å². The van der Waals surface area contributed by atoms with Gasteiger partial charge in [0.2, 0.25) is 11.9 Å². The second-order valence-electron chi connectivity index (χ2n) is 7.52. The van der Waals surface area contributed by atoms with E-state index in [4.69, 9.17) is 0 Å². The van der Waals surface area contributed by atoms with Crippen LogP contribution in [-0.2, 0) is 9.59 Å². The van der Waals surface area contributed by atoms with Crippen molar-refractivity contribution in [3.05, 3.63) is 22.9 Å². The lowest BCUT2D eigenvalue weighted by molar-refractivity contribution is -0.137. The fourth-order valence-corrected chi connectivity index (χ4v) is 4.43. The van der Waals surface area contributed by atoms with Crippen LogP contribution in [0.5, 0.6) is 0 Å². The highest BCUT2D eigenvalue weighted by atomic mass is 32.2. The van der Waals surface area contributed by atoms with Gasteiger partial charge in [0.05, 0.1) is 10.6 Å². The van der Waals surface area contributed by atoms with Crippen molar-refractivity contribution in [3.8, 4) is 0 Å². The van der Waals surface area contributed by atoms with Gasteiger partial charge in [-0.3, -0.25) is 19.7 Å². The number of nitrogens with zero attached hydrogens (tertiary/aromatic N) is 5. The number of aromatic nitrogens is 2. The van der Waals surface area contributed by atoms with Gasteiger partial charge in [0.1, 0.15) is 0 Å². The Morgan fingerprint density at radius 2 is 1.90 bits per heavy atom. The molecule has 4 rings (SSSR count). The van der Waals surface area contributed by atoms with Crippen LogP contribution in [0, 0.1) is 5.92 Å². The van der Waals surface area contributed by atoms with E-state index in [-0.39, 0.29) is 17.1 Å². The molecule has 0 radical (unpaired) electrons. The molecule has 0 bridgehead atoms. The Morgan fingerprint density at radius 1 is 1.17 bits per heavy atom. The number of likely N-dealkylation sites (N-methyl/N-ethyl adjacent to an activating group) is 1. The lowest BCUT2D eigenvalue weighted by Crippen LogP contribution is -2.50. The minimum absolute atomic E-state index is 0.0598. The number of hydrogen-bond donors (Lipinski definition) is 1. The van der Waals surface area contributed by atoms with Gasteiger partial charge >= 0.3 is 0 Å². The predicted octanol–water partition coefficient (Wildman–Crippen LogP) is 0.791. The molecule has 3 fully saturated rings. The van der Waals surface area contributed by atoms with Crippen molar-refractivity contribution >= 4 is 40.8 Å². The third-order valence-corrected chi connectivity index (χ3v) is 6.34. The molecule has 9 nitrogen and oxygen atoms in total. The lowest BCUT2D eigenvalue weighted by atomic mass is 9.95. The van der Waals surface area contributed by atoms with Crippen molar-refractivity contribution in [2.45, 2.75) is 12.8 Å². The molecule has 0 aromatic carbocycles. The number of carbonyl (C=O) groups is 3. The molecule has 0 spiro atoms. The number of piperazine rings is 1. The van der Waals surface area contributed by atoms with Crippen LogP contribution >= 0.6 is 11.8 Å². The van der Waals surface area contributed by atoms with E-state index in [1.165, 1.54) is 0 Å². The topological polar surface area (TPSA) is 98.7 Å². The molecule has 4 heterocycles. The number of nitrogens with one attached hydrogen (secondary N) is 1. The number of imide groups is 1. The van der Waals surface area contributed by atoms with E-state index in [1.54, 1.807) is 18.3 Å². The molecule has 1 aromatic rings. The van der Waals surface area contributed by atoms with E-state index in [9.17, 15) is 14.4 Å². The Labute approximate surface area is 173 Å². The number of piperidine rings is 1. The summed E-state index contributed by atoms with van der Waals surface area (Å²) < 4.78 is 0. The zero-order valence-corrected chi connectivity index (χ0v) is 17.2. The van der Waals surface area contributed by atoms with Crippen LogP contribution in [0.25, 0.3) is 6.08 Å². The van der Waals surface area contributed by atoms with Crippen LogP contribution in [0.15, 0.2) is 17.2 Å². The zero-order valence-electron chi connectivity index (χ0n) is 16.3. The molecule has 3 saturated heterocycles. The number of rotatable bonds is 3. The van der Waals surface area contributed by atoms with Crippen LogP contribution in [0.1, 0.15) is 18.5 Å². The van der Waals surface area contributed by atoms with Gasteiger partial charge in [-0.15, -0.1) is 0 Å². The molecule has 154 valence electrons. The fraction of sp³-hybridized carbons (Fsp3) is 0.526. The molecule has 0 unspecified atom stereocenters. The molecule has 1 aromatic heterocycles. The lowest BCUT2D eigenvalue weighted by Gasteiger charge is -2.37. The summed E-state index contributed by atoms with van der Waals surface area (Å²) in [6.45, 7) is 4.92. The first-order valence-electron chi connectivity index (χ1n) is 9.80. The summed E-state index contributed by atoms with van der Waals surface area (Å²) in [4.78, 5) is 51.3. The Morgan fingerprint density at radius 3 is 2.55 bits per heavy atom. The van der Waals surface area contributed by atoms with Crippen LogP contribution in [0.2, 0.25) is 0 Å². The average molecular weight is 417 g/mol. The first-order valence-corrected chi connectivity index (χ1v) is 10.6. The standard InChI is InChI=1S/C19H24N6O3S/c1-23-8-10-24(11-9-23)17(27)13-3-6-25(7-4-13)18-20-5-2-14(21-18)12-15-16(26)22-19(28)29-15/h2,5,12-13H,3-4,6-11H2,1H3,(H,22,26,28). The Balaban J connectivity index is 1.36. The number of carbonyl (C=O) groups excluding carboxylic acids is 3. The van der Waals surface area contributed by atoms with E-state index in [2.05, 4.69) is 32.1 Å². The second-order valence-corrected chi connectivity index (χ2v) is 8.54. The van der Waals surface area contributed by atoms with Crippen LogP contribution in [0.4, 0.5) is 10.7 Å². The van der Waals surface area contributed by atoms with Gasteiger partial charge in [0.25, 0.3) is 11.1 Å². The Hall–Kier alpha value is -2.46. The molecule has 0 atom stereocenters. The SMILES string of the molecule is CN1CCN(C(=O)C2CCN(c3nccc(C=C4SC(=O)NC4=O)n3)CC2)CC1. The molecule has 10 heteroatoms. The Kier molecular flexibility index (Phi) is 5.81. The predicted molar refractivity (Wildman–Crippen MR) is 110 cm³/mol. The normalized spacial score (nSPS) is 23.0. The van der Waals surface area contributed by atoms with Gasteiger partial charge in [-0.05, 0) is 43.8 Å². The molecule has 3 aliphatic heterocycles. The molecular formula is C19H24N6O3S. The molecular weight excluding hydrogens is 392 g/mol. The van der Waals surface area contributed by atoms with Gasteiger partial charge in [-0.1, -0.05) is 0 Å². The van der Waals surface area contributed by atoms with Crippen LogP contribution in [-0.4, -0.2) is 83.1 Å². The van der Waals surface area contributed by atoms with Crippen molar-refractivity contribution in [3.63, 3.8) is 0 Å². The first kappa shape index (κ1) is 19.8. The van der Waals surface area contributed by atoms with Crippen molar-refractivity contribution in [2.24, 2.45) is 5.92 Å². The minimum Gasteiger partial charge on any atom is -0.341 e. The van der Waals surface area contributed by atoms with E-state index in [1.807, 2.05) is 4.90 Å². The second kappa shape index (κ2) is 8.50. The summed E-state index contributed by atoms with van der Waals surface area (Å²) >= 11 is 0.869. The van der Waals surface area contributed by atoms with Gasteiger partial charge in [0, 0.05) is 51.4 Å². The third-order valence-electron chi connectivity index (χ3n) is 5.53. The molecule has 0 aliphatic carbocycles. The zero-order chi connectivity index (χ0) is 20.4. The monoisotopic (exact) mass is 416 g/mol. The quantitative estimate of drug-likeness (QED) is 0.722. The smallest absolute Gasteiger partial charge is 0.290 e. The van der Waals surface area contributed by atoms with Crippen LogP contribution < -0.4 is 10.2 Å². The van der Waals surface area contributed by atoms with E-state index in [0.29, 0.717) is 16.5 Å². The van der Waals surface area contributed by atoms with Gasteiger partial charge < -0.3 is 14.7 Å². The largest absolute Gasteiger partial charge is 0.341 e. The third kappa shape index (κ3) is 4.59. The maximum absolute atomic E-state index is 12.8. The van der Waals surface area contributed by atoms with E-state index in [0.717, 1.165) is 63.9 Å². The van der Waals surface area contributed by atoms with E-state index >= 15 is 0 Å². The van der Waals surface area contributed by atoms with Gasteiger partial charge in [-0.2, -0.15) is 0 Å². The molecule has 1 N–H and O–H groups in total. The summed E-state index contributed by atoms with van der Waals surface area (Å²) in [5.74, 6) is 0.513. The summed E-state index contributed by atoms with van der Waals surface area (Å²) in [6, 6.07) is 1.71. The molecule has 29 heavy (non-hydrogen) atoms. The summed E-state index contributed by atoms with van der Waals surface area (Å²) in [7, 11) is 2.08. The summed E-state index contributed by atoms with van der Waals surface area (Å²) in [5.41, 5.74) is 0.581. The maximum atomic E-state index is 12.8. The summed E-state index contributed by atoms with van der Waals surface area (Å²) in [6.07, 6.45) is 4.81.